The maximum Gasteiger partial charge on any atom is 0.244 e. The third kappa shape index (κ3) is 3.98. The highest BCUT2D eigenvalue weighted by Gasteiger charge is 2.29. The van der Waals surface area contributed by atoms with Gasteiger partial charge >= 0.3 is 0 Å². The van der Waals surface area contributed by atoms with Crippen molar-refractivity contribution in [3.63, 3.8) is 0 Å². The number of likely N-dealkylation sites (tertiary alicyclic amines) is 1. The van der Waals surface area contributed by atoms with Crippen LogP contribution in [-0.4, -0.2) is 41.9 Å². The van der Waals surface area contributed by atoms with Crippen molar-refractivity contribution in [3.05, 3.63) is 0 Å². The van der Waals surface area contributed by atoms with Gasteiger partial charge in [0.25, 0.3) is 0 Å². The van der Waals surface area contributed by atoms with Crippen molar-refractivity contribution < 1.29 is 9.59 Å². The van der Waals surface area contributed by atoms with E-state index in [0.29, 0.717) is 6.54 Å². The molecule has 1 rings (SSSR count). The minimum absolute atomic E-state index is 0.0391. The van der Waals surface area contributed by atoms with Crippen LogP contribution in [0.2, 0.25) is 0 Å². The number of nitrogens with one attached hydrogen (secondary N) is 1. The summed E-state index contributed by atoms with van der Waals surface area (Å²) in [6, 6.07) is -0.421. The fourth-order valence-corrected chi connectivity index (χ4v) is 1.96. The molecule has 2 amide bonds. The molecule has 5 heteroatoms. The summed E-state index contributed by atoms with van der Waals surface area (Å²) >= 11 is 0. The molecule has 1 aliphatic rings. The quantitative estimate of drug-likeness (QED) is 0.754. The van der Waals surface area contributed by atoms with Gasteiger partial charge in [-0.15, -0.1) is 0 Å². The number of rotatable bonds is 2. The van der Waals surface area contributed by atoms with Crippen molar-refractivity contribution in [1.82, 2.24) is 10.2 Å². The third-order valence-corrected chi connectivity index (χ3v) is 3.17. The summed E-state index contributed by atoms with van der Waals surface area (Å²) in [5, 5.41) is 2.76. The van der Waals surface area contributed by atoms with Crippen LogP contribution in [0.4, 0.5) is 0 Å². The normalized spacial score (nSPS) is 22.5. The summed E-state index contributed by atoms with van der Waals surface area (Å²) < 4.78 is 0. The number of piperidine rings is 1. The second-order valence-electron chi connectivity index (χ2n) is 6.13. The van der Waals surface area contributed by atoms with E-state index in [1.54, 1.807) is 11.8 Å². The molecule has 18 heavy (non-hydrogen) atoms. The summed E-state index contributed by atoms with van der Waals surface area (Å²) in [5.74, 6) is -0.146. The van der Waals surface area contributed by atoms with Crippen molar-refractivity contribution in [2.24, 2.45) is 11.1 Å². The predicted octanol–water partition coefficient (Wildman–Crippen LogP) is 0.487. The highest BCUT2D eigenvalue weighted by atomic mass is 16.2. The lowest BCUT2D eigenvalue weighted by molar-refractivity contribution is -0.139. The van der Waals surface area contributed by atoms with E-state index in [-0.39, 0.29) is 17.9 Å². The van der Waals surface area contributed by atoms with Crippen molar-refractivity contribution in [2.45, 2.75) is 52.6 Å². The van der Waals surface area contributed by atoms with Crippen molar-refractivity contribution in [1.29, 1.82) is 0 Å². The molecule has 2 atom stereocenters. The minimum Gasteiger partial charge on any atom is -0.344 e. The number of carbonyl (C=O) groups is 2. The van der Waals surface area contributed by atoms with Gasteiger partial charge in [0, 0.05) is 24.5 Å². The monoisotopic (exact) mass is 255 g/mol. The number of nitrogens with zero attached hydrogens (tertiary/aromatic N) is 1. The van der Waals surface area contributed by atoms with Crippen LogP contribution in [0.3, 0.4) is 0 Å². The first-order valence-corrected chi connectivity index (χ1v) is 6.57. The van der Waals surface area contributed by atoms with E-state index in [1.807, 2.05) is 20.8 Å². The first-order chi connectivity index (χ1) is 8.21. The first-order valence-electron chi connectivity index (χ1n) is 6.57. The molecule has 0 aromatic carbocycles. The molecule has 0 aliphatic carbocycles. The van der Waals surface area contributed by atoms with E-state index in [1.165, 1.54) is 0 Å². The Balaban J connectivity index is 2.53. The molecule has 1 heterocycles. The number of amides is 2. The average molecular weight is 255 g/mol. The van der Waals surface area contributed by atoms with Crippen LogP contribution in [-0.2, 0) is 9.59 Å². The molecule has 5 nitrogen and oxygen atoms in total. The Labute approximate surface area is 109 Å². The molecular weight excluding hydrogens is 230 g/mol. The fourth-order valence-electron chi connectivity index (χ4n) is 1.96. The Morgan fingerprint density at radius 3 is 2.50 bits per heavy atom. The predicted molar refractivity (Wildman–Crippen MR) is 70.8 cm³/mol. The van der Waals surface area contributed by atoms with Gasteiger partial charge in [0.1, 0.15) is 6.04 Å². The second-order valence-corrected chi connectivity index (χ2v) is 6.13. The second kappa shape index (κ2) is 5.69. The van der Waals surface area contributed by atoms with E-state index in [0.717, 1.165) is 19.4 Å². The zero-order chi connectivity index (χ0) is 13.9. The van der Waals surface area contributed by atoms with E-state index >= 15 is 0 Å². The summed E-state index contributed by atoms with van der Waals surface area (Å²) in [7, 11) is 0. The summed E-state index contributed by atoms with van der Waals surface area (Å²) in [4.78, 5) is 25.7. The van der Waals surface area contributed by atoms with E-state index in [9.17, 15) is 9.59 Å². The molecule has 1 aliphatic heterocycles. The molecule has 0 saturated carbocycles. The first kappa shape index (κ1) is 15.0. The van der Waals surface area contributed by atoms with Gasteiger partial charge in [0.05, 0.1) is 0 Å². The van der Waals surface area contributed by atoms with E-state index < -0.39 is 11.5 Å². The van der Waals surface area contributed by atoms with Gasteiger partial charge < -0.3 is 16.0 Å². The Hall–Kier alpha value is -1.10. The number of hydrogen-bond acceptors (Lipinski definition) is 3. The Morgan fingerprint density at radius 1 is 1.39 bits per heavy atom. The van der Waals surface area contributed by atoms with Crippen LogP contribution in [0.25, 0.3) is 0 Å². The topological polar surface area (TPSA) is 75.4 Å². The molecule has 3 N–H and O–H groups in total. The number of nitrogens with two attached hydrogens (primary N) is 1. The Bertz CT molecular complexity index is 323. The molecule has 1 fully saturated rings. The molecule has 104 valence electrons. The van der Waals surface area contributed by atoms with Gasteiger partial charge in [-0.3, -0.25) is 9.59 Å². The number of carbonyl (C=O) groups excluding carboxylic acids is 2. The smallest absolute Gasteiger partial charge is 0.244 e. The van der Waals surface area contributed by atoms with Crippen molar-refractivity contribution in [3.8, 4) is 0 Å². The molecule has 0 spiro atoms. The van der Waals surface area contributed by atoms with Gasteiger partial charge in [0.2, 0.25) is 11.8 Å². The summed E-state index contributed by atoms with van der Waals surface area (Å²) in [6.07, 6.45) is 1.90. The molecule has 0 radical (unpaired) electrons. The van der Waals surface area contributed by atoms with Crippen LogP contribution in [0.5, 0.6) is 0 Å². The molecule has 2 unspecified atom stereocenters. The van der Waals surface area contributed by atoms with Gasteiger partial charge in [-0.25, -0.2) is 0 Å². The molecule has 0 aromatic rings. The highest BCUT2D eigenvalue weighted by Crippen LogP contribution is 2.14. The Kier molecular flexibility index (Phi) is 4.73. The van der Waals surface area contributed by atoms with E-state index in [2.05, 4.69) is 5.32 Å². The zero-order valence-electron chi connectivity index (χ0n) is 11.8. The Morgan fingerprint density at radius 2 is 2.00 bits per heavy atom. The third-order valence-electron chi connectivity index (χ3n) is 3.17. The number of hydrogen-bond donors (Lipinski definition) is 2. The lowest BCUT2D eigenvalue weighted by Crippen LogP contribution is -2.53. The minimum atomic E-state index is -0.484. The standard InChI is InChI=1S/C13H25N3O2/c1-9(15-12(18)13(2,3)4)11(17)16-7-5-6-10(14)8-16/h9-10H,5-8,14H2,1-4H3,(H,15,18). The summed E-state index contributed by atoms with van der Waals surface area (Å²) in [5.41, 5.74) is 5.37. The summed E-state index contributed by atoms with van der Waals surface area (Å²) in [6.45, 7) is 8.55. The average Bonchev–Trinajstić information content (AvgIpc) is 2.26. The SMILES string of the molecule is CC(NC(=O)C(C)(C)C)C(=O)N1CCCC(N)C1. The zero-order valence-corrected chi connectivity index (χ0v) is 11.8. The molecule has 0 bridgehead atoms. The fraction of sp³-hybridized carbons (Fsp3) is 0.846. The van der Waals surface area contributed by atoms with Crippen LogP contribution >= 0.6 is 0 Å². The maximum atomic E-state index is 12.2. The molecule has 0 aromatic heterocycles. The van der Waals surface area contributed by atoms with Crippen LogP contribution < -0.4 is 11.1 Å². The lowest BCUT2D eigenvalue weighted by Gasteiger charge is -2.33. The van der Waals surface area contributed by atoms with Crippen LogP contribution in [0.15, 0.2) is 0 Å². The van der Waals surface area contributed by atoms with Gasteiger partial charge in [0.15, 0.2) is 0 Å². The van der Waals surface area contributed by atoms with Crippen LogP contribution in [0, 0.1) is 5.41 Å². The maximum absolute atomic E-state index is 12.2. The molecule has 1 saturated heterocycles. The van der Waals surface area contributed by atoms with Gasteiger partial charge in [-0.05, 0) is 19.8 Å². The van der Waals surface area contributed by atoms with Gasteiger partial charge in [-0.1, -0.05) is 20.8 Å². The van der Waals surface area contributed by atoms with Crippen LogP contribution in [0.1, 0.15) is 40.5 Å². The lowest BCUT2D eigenvalue weighted by atomic mass is 9.95. The molecular formula is C13H25N3O2. The van der Waals surface area contributed by atoms with Gasteiger partial charge in [-0.2, -0.15) is 0 Å². The van der Waals surface area contributed by atoms with Crippen molar-refractivity contribution in [2.75, 3.05) is 13.1 Å². The largest absolute Gasteiger partial charge is 0.344 e. The van der Waals surface area contributed by atoms with E-state index in [4.69, 9.17) is 5.73 Å². The highest BCUT2D eigenvalue weighted by molar-refractivity contribution is 5.89. The van der Waals surface area contributed by atoms with Crippen molar-refractivity contribution >= 4 is 11.8 Å².